The predicted octanol–water partition coefficient (Wildman–Crippen LogP) is 4.37. The fraction of sp³-hybridized carbons (Fsp3) is 0.476. The van der Waals surface area contributed by atoms with Gasteiger partial charge in [0, 0.05) is 30.6 Å². The molecule has 6 heteroatoms. The fourth-order valence-corrected chi connectivity index (χ4v) is 2.85. The van der Waals surface area contributed by atoms with Gasteiger partial charge in [-0.3, -0.25) is 4.79 Å². The highest BCUT2D eigenvalue weighted by atomic mass is 16.6. The summed E-state index contributed by atoms with van der Waals surface area (Å²) in [7, 11) is 0. The smallest absolute Gasteiger partial charge is 0.407 e. The SMILES string of the molecule is Cc1ccc(C)n1-c1ncccc1C(=O)CCCCNC(=O)OC(C)(C)C. The maximum absolute atomic E-state index is 12.7. The van der Waals surface area contributed by atoms with Crippen LogP contribution in [0.15, 0.2) is 30.5 Å². The third-order valence-electron chi connectivity index (χ3n) is 4.07. The van der Waals surface area contributed by atoms with Gasteiger partial charge in [0.25, 0.3) is 0 Å². The molecule has 0 atom stereocenters. The second kappa shape index (κ2) is 8.84. The first-order chi connectivity index (χ1) is 12.7. The van der Waals surface area contributed by atoms with Crippen LogP contribution in [0, 0.1) is 13.8 Å². The van der Waals surface area contributed by atoms with Crippen molar-refractivity contribution in [2.45, 2.75) is 59.5 Å². The molecule has 2 aromatic heterocycles. The minimum atomic E-state index is -0.508. The van der Waals surface area contributed by atoms with E-state index in [9.17, 15) is 9.59 Å². The number of carbonyl (C=O) groups excluding carboxylic acids is 2. The van der Waals surface area contributed by atoms with Crippen molar-refractivity contribution in [3.8, 4) is 5.82 Å². The number of pyridine rings is 1. The van der Waals surface area contributed by atoms with Gasteiger partial charge in [-0.25, -0.2) is 9.78 Å². The Bertz CT molecular complexity index is 784. The lowest BCUT2D eigenvalue weighted by Gasteiger charge is -2.19. The first kappa shape index (κ1) is 20.7. The zero-order valence-electron chi connectivity index (χ0n) is 16.8. The number of nitrogens with zero attached hydrogens (tertiary/aromatic N) is 2. The van der Waals surface area contributed by atoms with Crippen LogP contribution in [0.1, 0.15) is 61.8 Å². The normalized spacial score (nSPS) is 11.3. The first-order valence-electron chi connectivity index (χ1n) is 9.29. The summed E-state index contributed by atoms with van der Waals surface area (Å²) in [6, 6.07) is 7.64. The highest BCUT2D eigenvalue weighted by molar-refractivity contribution is 5.98. The molecule has 1 N–H and O–H groups in total. The maximum atomic E-state index is 12.7. The minimum absolute atomic E-state index is 0.0582. The number of aryl methyl sites for hydroxylation is 2. The van der Waals surface area contributed by atoms with Crippen molar-refractivity contribution in [3.63, 3.8) is 0 Å². The molecular weight excluding hydrogens is 342 g/mol. The molecular formula is C21H29N3O3. The van der Waals surface area contributed by atoms with Gasteiger partial charge >= 0.3 is 6.09 Å². The number of nitrogens with one attached hydrogen (secondary N) is 1. The minimum Gasteiger partial charge on any atom is -0.444 e. The van der Waals surface area contributed by atoms with E-state index < -0.39 is 11.7 Å². The van der Waals surface area contributed by atoms with Gasteiger partial charge in [-0.05, 0) is 71.7 Å². The number of hydrogen-bond acceptors (Lipinski definition) is 4. The van der Waals surface area contributed by atoms with Crippen molar-refractivity contribution < 1.29 is 14.3 Å². The average molecular weight is 371 g/mol. The topological polar surface area (TPSA) is 73.2 Å². The van der Waals surface area contributed by atoms with Crippen molar-refractivity contribution in [2.75, 3.05) is 6.54 Å². The molecule has 2 heterocycles. The van der Waals surface area contributed by atoms with E-state index in [0.717, 1.165) is 11.4 Å². The van der Waals surface area contributed by atoms with Crippen LogP contribution in [-0.4, -0.2) is 33.6 Å². The van der Waals surface area contributed by atoms with Crippen LogP contribution in [0.2, 0.25) is 0 Å². The van der Waals surface area contributed by atoms with E-state index in [1.165, 1.54) is 0 Å². The molecule has 0 aliphatic heterocycles. The predicted molar refractivity (Wildman–Crippen MR) is 105 cm³/mol. The molecule has 0 aliphatic rings. The second-order valence-corrected chi connectivity index (χ2v) is 7.64. The van der Waals surface area contributed by atoms with Gasteiger partial charge in [0.05, 0.1) is 5.56 Å². The van der Waals surface area contributed by atoms with Gasteiger partial charge in [-0.15, -0.1) is 0 Å². The summed E-state index contributed by atoms with van der Waals surface area (Å²) in [4.78, 5) is 28.7. The number of alkyl carbamates (subject to hydrolysis) is 1. The number of aromatic nitrogens is 2. The third kappa shape index (κ3) is 5.94. The van der Waals surface area contributed by atoms with E-state index in [1.54, 1.807) is 12.3 Å². The number of ketones is 1. The Labute approximate surface area is 160 Å². The summed E-state index contributed by atoms with van der Waals surface area (Å²) in [6.45, 7) is 9.95. The molecule has 27 heavy (non-hydrogen) atoms. The van der Waals surface area contributed by atoms with Crippen LogP contribution in [0.4, 0.5) is 4.79 Å². The molecule has 0 aliphatic carbocycles. The number of ether oxygens (including phenoxy) is 1. The standard InChI is InChI=1S/C21H29N3O3/c1-15-11-12-16(2)24(15)19-17(9-8-14-22-19)18(25)10-6-7-13-23-20(26)27-21(3,4)5/h8-9,11-12,14H,6-7,10,13H2,1-5H3,(H,23,26). The Kier molecular flexibility index (Phi) is 6.77. The third-order valence-corrected chi connectivity index (χ3v) is 4.07. The summed E-state index contributed by atoms with van der Waals surface area (Å²) in [5, 5.41) is 2.71. The monoisotopic (exact) mass is 371 g/mol. The molecule has 1 amide bonds. The van der Waals surface area contributed by atoms with E-state index in [-0.39, 0.29) is 5.78 Å². The van der Waals surface area contributed by atoms with Crippen LogP contribution in [-0.2, 0) is 4.74 Å². The van der Waals surface area contributed by atoms with Gasteiger partial charge in [-0.2, -0.15) is 0 Å². The van der Waals surface area contributed by atoms with E-state index in [0.29, 0.717) is 37.2 Å². The Hall–Kier alpha value is -2.63. The number of hydrogen-bond donors (Lipinski definition) is 1. The molecule has 0 saturated heterocycles. The Morgan fingerprint density at radius 3 is 2.41 bits per heavy atom. The Morgan fingerprint density at radius 1 is 1.11 bits per heavy atom. The van der Waals surface area contributed by atoms with Gasteiger partial charge < -0.3 is 14.6 Å². The van der Waals surface area contributed by atoms with Crippen LogP contribution in [0.25, 0.3) is 5.82 Å². The number of rotatable bonds is 7. The molecule has 2 aromatic rings. The van der Waals surface area contributed by atoms with Crippen molar-refractivity contribution in [1.82, 2.24) is 14.9 Å². The maximum Gasteiger partial charge on any atom is 0.407 e. The Morgan fingerprint density at radius 2 is 1.78 bits per heavy atom. The quantitative estimate of drug-likeness (QED) is 0.579. The van der Waals surface area contributed by atoms with Crippen LogP contribution in [0.5, 0.6) is 0 Å². The number of amides is 1. The lowest BCUT2D eigenvalue weighted by Crippen LogP contribution is -2.33. The van der Waals surface area contributed by atoms with E-state index >= 15 is 0 Å². The molecule has 0 radical (unpaired) electrons. The van der Waals surface area contributed by atoms with Crippen molar-refractivity contribution in [3.05, 3.63) is 47.4 Å². The van der Waals surface area contributed by atoms with Crippen LogP contribution < -0.4 is 5.32 Å². The molecule has 0 bridgehead atoms. The molecule has 0 spiro atoms. The lowest BCUT2D eigenvalue weighted by atomic mass is 10.1. The van der Waals surface area contributed by atoms with Crippen LogP contribution in [0.3, 0.4) is 0 Å². The first-order valence-corrected chi connectivity index (χ1v) is 9.29. The summed E-state index contributed by atoms with van der Waals surface area (Å²) in [6.07, 6.45) is 3.08. The molecule has 6 nitrogen and oxygen atoms in total. The summed E-state index contributed by atoms with van der Waals surface area (Å²) in [5.74, 6) is 0.734. The molecule has 146 valence electrons. The lowest BCUT2D eigenvalue weighted by molar-refractivity contribution is 0.0527. The molecule has 0 aromatic carbocycles. The highest BCUT2D eigenvalue weighted by Gasteiger charge is 2.17. The summed E-state index contributed by atoms with van der Waals surface area (Å²) in [5.41, 5.74) is 2.20. The van der Waals surface area contributed by atoms with E-state index in [4.69, 9.17) is 4.74 Å². The average Bonchev–Trinajstić information content (AvgIpc) is 2.91. The van der Waals surface area contributed by atoms with Gasteiger partial charge in [0.1, 0.15) is 11.4 Å². The summed E-state index contributed by atoms with van der Waals surface area (Å²) < 4.78 is 7.18. The molecule has 0 fully saturated rings. The van der Waals surface area contributed by atoms with Gasteiger partial charge in [0.2, 0.25) is 0 Å². The van der Waals surface area contributed by atoms with Crippen molar-refractivity contribution >= 4 is 11.9 Å². The molecule has 0 unspecified atom stereocenters. The zero-order chi connectivity index (χ0) is 20.0. The second-order valence-electron chi connectivity index (χ2n) is 7.64. The number of unbranched alkanes of at least 4 members (excludes halogenated alkanes) is 1. The number of carbonyl (C=O) groups is 2. The van der Waals surface area contributed by atoms with Crippen molar-refractivity contribution in [2.24, 2.45) is 0 Å². The molecule has 2 rings (SSSR count). The van der Waals surface area contributed by atoms with E-state index in [1.807, 2.05) is 57.4 Å². The number of Topliss-reactive ketones (excluding diaryl/α,β-unsaturated/α-hetero) is 1. The van der Waals surface area contributed by atoms with Crippen molar-refractivity contribution in [1.29, 1.82) is 0 Å². The Balaban J connectivity index is 1.90. The van der Waals surface area contributed by atoms with Gasteiger partial charge in [0.15, 0.2) is 5.78 Å². The fourth-order valence-electron chi connectivity index (χ4n) is 2.85. The summed E-state index contributed by atoms with van der Waals surface area (Å²) >= 11 is 0. The van der Waals surface area contributed by atoms with Crippen LogP contribution >= 0.6 is 0 Å². The zero-order valence-corrected chi connectivity index (χ0v) is 16.8. The van der Waals surface area contributed by atoms with E-state index in [2.05, 4.69) is 10.3 Å². The largest absolute Gasteiger partial charge is 0.444 e. The highest BCUT2D eigenvalue weighted by Crippen LogP contribution is 2.20. The van der Waals surface area contributed by atoms with Gasteiger partial charge in [-0.1, -0.05) is 0 Å². The molecule has 0 saturated carbocycles.